The zero-order valence-corrected chi connectivity index (χ0v) is 12.2. The fraction of sp³-hybridized carbons (Fsp3) is 0.471. The van der Waals surface area contributed by atoms with Gasteiger partial charge in [-0.05, 0) is 44.8 Å². The molecular formula is C17H21N3O. The van der Waals surface area contributed by atoms with E-state index in [9.17, 15) is 4.79 Å². The largest absolute Gasteiger partial charge is 0.360 e. The van der Waals surface area contributed by atoms with Crippen LogP contribution in [0.3, 0.4) is 0 Å². The number of carbonyl (C=O) groups excluding carboxylic acids is 1. The molecule has 21 heavy (non-hydrogen) atoms. The minimum Gasteiger partial charge on any atom is -0.360 e. The Morgan fingerprint density at radius 1 is 1.24 bits per heavy atom. The van der Waals surface area contributed by atoms with Crippen molar-refractivity contribution in [3.63, 3.8) is 0 Å². The Balaban J connectivity index is 1.51. The van der Waals surface area contributed by atoms with Crippen LogP contribution in [-0.2, 0) is 0 Å². The van der Waals surface area contributed by atoms with Crippen molar-refractivity contribution in [2.45, 2.75) is 31.2 Å². The molecule has 0 saturated carbocycles. The number of para-hydroxylation sites is 1. The van der Waals surface area contributed by atoms with Gasteiger partial charge in [0.2, 0.25) is 0 Å². The third-order valence-electron chi connectivity index (χ3n) is 5.22. The first-order chi connectivity index (χ1) is 10.3. The highest BCUT2D eigenvalue weighted by molar-refractivity contribution is 6.06. The van der Waals surface area contributed by atoms with Crippen LogP contribution in [0, 0.1) is 0 Å². The highest BCUT2D eigenvalue weighted by Crippen LogP contribution is 2.38. The van der Waals surface area contributed by atoms with Crippen molar-refractivity contribution in [1.29, 1.82) is 0 Å². The van der Waals surface area contributed by atoms with Gasteiger partial charge in [-0.1, -0.05) is 18.2 Å². The van der Waals surface area contributed by atoms with Gasteiger partial charge in [-0.2, -0.15) is 0 Å². The van der Waals surface area contributed by atoms with Crippen molar-refractivity contribution < 1.29 is 4.79 Å². The van der Waals surface area contributed by atoms with Crippen LogP contribution < -0.4 is 5.32 Å². The fourth-order valence-electron chi connectivity index (χ4n) is 4.11. The number of rotatable bonds is 3. The molecular weight excluding hydrogens is 262 g/mol. The summed E-state index contributed by atoms with van der Waals surface area (Å²) >= 11 is 0. The first kappa shape index (κ1) is 12.9. The molecule has 2 saturated heterocycles. The van der Waals surface area contributed by atoms with E-state index in [1.165, 1.54) is 38.8 Å². The second kappa shape index (κ2) is 4.88. The molecule has 110 valence electrons. The lowest BCUT2D eigenvalue weighted by Crippen LogP contribution is -2.48. The van der Waals surface area contributed by atoms with Crippen LogP contribution in [-0.4, -0.2) is 41.0 Å². The smallest absolute Gasteiger partial charge is 0.253 e. The van der Waals surface area contributed by atoms with E-state index in [0.717, 1.165) is 23.0 Å². The van der Waals surface area contributed by atoms with Crippen molar-refractivity contribution in [2.75, 3.05) is 19.6 Å². The highest BCUT2D eigenvalue weighted by Gasteiger charge is 2.44. The second-order valence-corrected chi connectivity index (χ2v) is 6.35. The van der Waals surface area contributed by atoms with E-state index >= 15 is 0 Å². The van der Waals surface area contributed by atoms with Crippen LogP contribution in [0.4, 0.5) is 0 Å². The molecule has 1 aromatic heterocycles. The van der Waals surface area contributed by atoms with Crippen LogP contribution >= 0.6 is 0 Å². The second-order valence-electron chi connectivity index (χ2n) is 6.35. The molecule has 0 unspecified atom stereocenters. The minimum atomic E-state index is 0.0422. The predicted octanol–water partition coefficient (Wildman–Crippen LogP) is 2.53. The van der Waals surface area contributed by atoms with Gasteiger partial charge < -0.3 is 10.3 Å². The van der Waals surface area contributed by atoms with Gasteiger partial charge in [0.25, 0.3) is 5.91 Å². The summed E-state index contributed by atoms with van der Waals surface area (Å²) in [5.41, 5.74) is 2.01. The molecule has 4 rings (SSSR count). The first-order valence-electron chi connectivity index (χ1n) is 7.88. The van der Waals surface area contributed by atoms with Gasteiger partial charge in [-0.25, -0.2) is 0 Å². The Morgan fingerprint density at radius 3 is 2.81 bits per heavy atom. The predicted molar refractivity (Wildman–Crippen MR) is 83.4 cm³/mol. The van der Waals surface area contributed by atoms with Gasteiger partial charge in [-0.3, -0.25) is 9.69 Å². The van der Waals surface area contributed by atoms with Gasteiger partial charge >= 0.3 is 0 Å². The average molecular weight is 283 g/mol. The van der Waals surface area contributed by atoms with E-state index in [-0.39, 0.29) is 11.4 Å². The molecule has 2 fully saturated rings. The van der Waals surface area contributed by atoms with Crippen molar-refractivity contribution in [3.05, 3.63) is 36.0 Å². The SMILES string of the molecule is O=C(NCC12CCCN1CCC2)c1c[nH]c2ccccc12. The fourth-order valence-corrected chi connectivity index (χ4v) is 4.11. The summed E-state index contributed by atoms with van der Waals surface area (Å²) in [7, 11) is 0. The molecule has 2 N–H and O–H groups in total. The minimum absolute atomic E-state index is 0.0422. The van der Waals surface area contributed by atoms with Gasteiger partial charge in [0, 0.05) is 29.2 Å². The maximum Gasteiger partial charge on any atom is 0.253 e. The van der Waals surface area contributed by atoms with E-state index < -0.39 is 0 Å². The summed E-state index contributed by atoms with van der Waals surface area (Å²) in [4.78, 5) is 18.3. The van der Waals surface area contributed by atoms with Gasteiger partial charge in [0.05, 0.1) is 5.56 Å². The molecule has 4 nitrogen and oxygen atoms in total. The number of aromatic nitrogens is 1. The molecule has 0 atom stereocenters. The number of carbonyl (C=O) groups is 1. The van der Waals surface area contributed by atoms with E-state index in [2.05, 4.69) is 15.2 Å². The lowest BCUT2D eigenvalue weighted by Gasteiger charge is -2.32. The van der Waals surface area contributed by atoms with Crippen LogP contribution in [0.15, 0.2) is 30.5 Å². The lowest BCUT2D eigenvalue weighted by atomic mass is 9.94. The Bertz CT molecular complexity index is 665. The standard InChI is InChI=1S/C17H21N3O/c21-16(14-11-18-15-6-2-1-5-13(14)15)19-12-17-7-3-9-20(17)10-4-8-17/h1-2,5-6,11,18H,3-4,7-10,12H2,(H,19,21). The molecule has 3 heterocycles. The average Bonchev–Trinajstić information content (AvgIpc) is 3.18. The maximum absolute atomic E-state index is 12.5. The number of hydrogen-bond donors (Lipinski definition) is 2. The summed E-state index contributed by atoms with van der Waals surface area (Å²) in [5.74, 6) is 0.0422. The van der Waals surface area contributed by atoms with Gasteiger partial charge in [0.1, 0.15) is 0 Å². The van der Waals surface area contributed by atoms with Gasteiger partial charge in [-0.15, -0.1) is 0 Å². The summed E-state index contributed by atoms with van der Waals surface area (Å²) in [6.45, 7) is 3.18. The van der Waals surface area contributed by atoms with Crippen molar-refractivity contribution in [2.24, 2.45) is 0 Å². The Labute approximate surface area is 124 Å². The zero-order chi connectivity index (χ0) is 14.3. The van der Waals surface area contributed by atoms with Crippen molar-refractivity contribution in [1.82, 2.24) is 15.2 Å². The van der Waals surface area contributed by atoms with Crippen LogP contribution in [0.25, 0.3) is 10.9 Å². The Kier molecular flexibility index (Phi) is 3.00. The van der Waals surface area contributed by atoms with Gasteiger partial charge in [0.15, 0.2) is 0 Å². The number of hydrogen-bond acceptors (Lipinski definition) is 2. The number of fused-ring (bicyclic) bond motifs is 2. The third kappa shape index (κ3) is 2.05. The number of benzene rings is 1. The van der Waals surface area contributed by atoms with E-state index in [1.807, 2.05) is 30.5 Å². The molecule has 2 aliphatic rings. The van der Waals surface area contributed by atoms with Crippen LogP contribution in [0.5, 0.6) is 0 Å². The number of nitrogens with one attached hydrogen (secondary N) is 2. The summed E-state index contributed by atoms with van der Waals surface area (Å²) in [6.07, 6.45) is 6.80. The van der Waals surface area contributed by atoms with Crippen molar-refractivity contribution in [3.8, 4) is 0 Å². The quantitative estimate of drug-likeness (QED) is 0.909. The number of H-pyrrole nitrogens is 1. The number of amides is 1. The summed E-state index contributed by atoms with van der Waals surface area (Å²) in [6, 6.07) is 7.95. The van der Waals surface area contributed by atoms with Crippen LogP contribution in [0.1, 0.15) is 36.0 Å². The molecule has 4 heteroatoms. The van der Waals surface area contributed by atoms with E-state index in [4.69, 9.17) is 0 Å². The van der Waals surface area contributed by atoms with Crippen LogP contribution in [0.2, 0.25) is 0 Å². The normalized spacial score (nSPS) is 20.8. The molecule has 0 aliphatic carbocycles. The Hall–Kier alpha value is -1.81. The molecule has 2 aliphatic heterocycles. The molecule has 0 radical (unpaired) electrons. The van der Waals surface area contributed by atoms with E-state index in [0.29, 0.717) is 0 Å². The molecule has 0 spiro atoms. The number of nitrogens with zero attached hydrogens (tertiary/aromatic N) is 1. The lowest BCUT2D eigenvalue weighted by molar-refractivity contribution is 0.0921. The molecule has 0 bridgehead atoms. The molecule has 1 amide bonds. The third-order valence-corrected chi connectivity index (χ3v) is 5.22. The summed E-state index contributed by atoms with van der Waals surface area (Å²) in [5, 5.41) is 4.18. The zero-order valence-electron chi connectivity index (χ0n) is 12.2. The topological polar surface area (TPSA) is 48.1 Å². The first-order valence-corrected chi connectivity index (χ1v) is 7.88. The Morgan fingerprint density at radius 2 is 2.00 bits per heavy atom. The van der Waals surface area contributed by atoms with E-state index in [1.54, 1.807) is 0 Å². The maximum atomic E-state index is 12.5. The monoisotopic (exact) mass is 283 g/mol. The number of aromatic amines is 1. The molecule has 1 aromatic carbocycles. The van der Waals surface area contributed by atoms with Crippen molar-refractivity contribution >= 4 is 16.8 Å². The summed E-state index contributed by atoms with van der Waals surface area (Å²) < 4.78 is 0. The highest BCUT2D eigenvalue weighted by atomic mass is 16.1. The molecule has 2 aromatic rings.